The molecule has 0 fully saturated rings. The van der Waals surface area contributed by atoms with Crippen LogP contribution in [0.4, 0.5) is 0 Å². The summed E-state index contributed by atoms with van der Waals surface area (Å²) in [5, 5.41) is 2.83. The molecular formula is C5H11NOS2. The number of Topliss-reactive ketones (excluding diaryl/α,β-unsaturated/α-hetero) is 1. The molecule has 0 bridgehead atoms. The SMILES string of the molecule is CN[C@@H](CS)C(=O)CS. The van der Waals surface area contributed by atoms with Gasteiger partial charge < -0.3 is 5.32 Å². The van der Waals surface area contributed by atoms with Crippen LogP contribution in [0.2, 0.25) is 0 Å². The number of carbonyl (C=O) groups is 1. The fraction of sp³-hybridized carbons (Fsp3) is 0.800. The number of hydrogen-bond donors (Lipinski definition) is 3. The molecular weight excluding hydrogens is 154 g/mol. The first-order valence-electron chi connectivity index (χ1n) is 2.68. The average molecular weight is 165 g/mol. The maximum absolute atomic E-state index is 10.8. The van der Waals surface area contributed by atoms with E-state index in [9.17, 15) is 4.79 Å². The van der Waals surface area contributed by atoms with E-state index < -0.39 is 0 Å². The van der Waals surface area contributed by atoms with E-state index in [1.54, 1.807) is 7.05 Å². The first-order chi connectivity index (χ1) is 4.26. The number of carbonyl (C=O) groups excluding carboxylic acids is 1. The minimum Gasteiger partial charge on any atom is -0.310 e. The van der Waals surface area contributed by atoms with E-state index in [0.29, 0.717) is 5.75 Å². The van der Waals surface area contributed by atoms with Crippen LogP contribution in [-0.4, -0.2) is 30.4 Å². The lowest BCUT2D eigenvalue weighted by Gasteiger charge is -2.08. The molecule has 0 amide bonds. The molecule has 0 aliphatic rings. The minimum absolute atomic E-state index is 0.0934. The Hall–Kier alpha value is 0.330. The molecule has 0 unspecified atom stereocenters. The average Bonchev–Trinajstić information content (AvgIpc) is 1.90. The van der Waals surface area contributed by atoms with Gasteiger partial charge in [-0.25, -0.2) is 0 Å². The second-order valence-electron chi connectivity index (χ2n) is 1.65. The Morgan fingerprint density at radius 2 is 2.22 bits per heavy atom. The van der Waals surface area contributed by atoms with E-state index in [0.717, 1.165) is 0 Å². The molecule has 54 valence electrons. The van der Waals surface area contributed by atoms with E-state index in [1.165, 1.54) is 0 Å². The molecule has 0 heterocycles. The highest BCUT2D eigenvalue weighted by Gasteiger charge is 2.10. The number of likely N-dealkylation sites (N-methyl/N-ethyl adjacent to an activating group) is 1. The van der Waals surface area contributed by atoms with Crippen LogP contribution in [0.25, 0.3) is 0 Å². The summed E-state index contributed by atoms with van der Waals surface area (Å²) in [5.41, 5.74) is 0. The Labute approximate surface area is 66.2 Å². The number of thiol groups is 2. The van der Waals surface area contributed by atoms with Crippen molar-refractivity contribution in [3.05, 3.63) is 0 Å². The molecule has 0 spiro atoms. The third kappa shape index (κ3) is 3.13. The summed E-state index contributed by atoms with van der Waals surface area (Å²) in [6.45, 7) is 0. The van der Waals surface area contributed by atoms with Crippen molar-refractivity contribution < 1.29 is 4.79 Å². The Kier molecular flexibility index (Phi) is 5.33. The molecule has 0 aromatic rings. The van der Waals surface area contributed by atoms with Gasteiger partial charge in [-0.3, -0.25) is 4.79 Å². The van der Waals surface area contributed by atoms with Crippen molar-refractivity contribution in [2.75, 3.05) is 18.6 Å². The van der Waals surface area contributed by atoms with Crippen molar-refractivity contribution in [2.24, 2.45) is 0 Å². The van der Waals surface area contributed by atoms with E-state index >= 15 is 0 Å². The quantitative estimate of drug-likeness (QED) is 0.512. The van der Waals surface area contributed by atoms with Gasteiger partial charge in [0.25, 0.3) is 0 Å². The smallest absolute Gasteiger partial charge is 0.160 e. The topological polar surface area (TPSA) is 29.1 Å². The van der Waals surface area contributed by atoms with Crippen LogP contribution >= 0.6 is 25.3 Å². The second-order valence-corrected chi connectivity index (χ2v) is 2.33. The summed E-state index contributed by atoms with van der Waals surface area (Å²) >= 11 is 7.81. The van der Waals surface area contributed by atoms with E-state index in [-0.39, 0.29) is 17.6 Å². The maximum Gasteiger partial charge on any atom is 0.160 e. The largest absolute Gasteiger partial charge is 0.310 e. The van der Waals surface area contributed by atoms with E-state index in [2.05, 4.69) is 30.6 Å². The number of rotatable bonds is 4. The Bertz CT molecular complexity index is 93.0. The normalized spacial score (nSPS) is 13.2. The van der Waals surface area contributed by atoms with Crippen LogP contribution in [0.3, 0.4) is 0 Å². The van der Waals surface area contributed by atoms with Crippen molar-refractivity contribution >= 4 is 31.0 Å². The fourth-order valence-electron chi connectivity index (χ4n) is 0.464. The highest BCUT2D eigenvalue weighted by molar-refractivity contribution is 7.81. The van der Waals surface area contributed by atoms with Gasteiger partial charge in [-0.15, -0.1) is 0 Å². The van der Waals surface area contributed by atoms with Crippen molar-refractivity contribution in [3.63, 3.8) is 0 Å². The lowest BCUT2D eigenvalue weighted by molar-refractivity contribution is -0.117. The van der Waals surface area contributed by atoms with Gasteiger partial charge in [0.15, 0.2) is 5.78 Å². The van der Waals surface area contributed by atoms with Crippen molar-refractivity contribution in [1.29, 1.82) is 0 Å². The van der Waals surface area contributed by atoms with Gasteiger partial charge in [0.2, 0.25) is 0 Å². The molecule has 1 atom stereocenters. The van der Waals surface area contributed by atoms with Crippen LogP contribution in [0.15, 0.2) is 0 Å². The molecule has 1 N–H and O–H groups in total. The monoisotopic (exact) mass is 165 g/mol. The molecule has 0 aliphatic carbocycles. The van der Waals surface area contributed by atoms with E-state index in [4.69, 9.17) is 0 Å². The fourth-order valence-corrected chi connectivity index (χ4v) is 1.07. The van der Waals surface area contributed by atoms with Crippen molar-refractivity contribution in [1.82, 2.24) is 5.32 Å². The van der Waals surface area contributed by atoms with Crippen LogP contribution in [0.1, 0.15) is 0 Å². The summed E-state index contributed by atoms with van der Waals surface area (Å²) in [4.78, 5) is 10.8. The Morgan fingerprint density at radius 3 is 2.33 bits per heavy atom. The van der Waals surface area contributed by atoms with Gasteiger partial charge >= 0.3 is 0 Å². The van der Waals surface area contributed by atoms with Gasteiger partial charge in [-0.1, -0.05) is 0 Å². The van der Waals surface area contributed by atoms with Crippen LogP contribution in [-0.2, 0) is 4.79 Å². The molecule has 0 saturated carbocycles. The molecule has 0 rings (SSSR count). The number of nitrogens with one attached hydrogen (secondary N) is 1. The number of ketones is 1. The van der Waals surface area contributed by atoms with Gasteiger partial charge in [0, 0.05) is 5.75 Å². The van der Waals surface area contributed by atoms with Gasteiger partial charge in [0.05, 0.1) is 11.8 Å². The Morgan fingerprint density at radius 1 is 1.67 bits per heavy atom. The van der Waals surface area contributed by atoms with E-state index in [1.807, 2.05) is 0 Å². The summed E-state index contributed by atoms with van der Waals surface area (Å²) in [6, 6.07) is -0.133. The maximum atomic E-state index is 10.8. The molecule has 0 aromatic heterocycles. The van der Waals surface area contributed by atoms with Crippen LogP contribution < -0.4 is 5.32 Å². The predicted octanol–water partition coefficient (Wildman–Crippen LogP) is 0.00310. The highest BCUT2D eigenvalue weighted by atomic mass is 32.1. The molecule has 0 radical (unpaired) electrons. The molecule has 0 saturated heterocycles. The lowest BCUT2D eigenvalue weighted by atomic mass is 10.2. The zero-order valence-electron chi connectivity index (χ0n) is 5.29. The first kappa shape index (κ1) is 9.33. The summed E-state index contributed by atoms with van der Waals surface area (Å²) in [7, 11) is 1.74. The molecule has 0 aliphatic heterocycles. The molecule has 2 nitrogen and oxygen atoms in total. The standard InChI is InChI=1S/C5H11NOS2/c1-6-4(2-8)5(7)3-9/h4,6,8-9H,2-3H2,1H3/t4-/m0/s1. The van der Waals surface area contributed by atoms with Crippen LogP contribution in [0, 0.1) is 0 Å². The lowest BCUT2D eigenvalue weighted by Crippen LogP contribution is -2.36. The summed E-state index contributed by atoms with van der Waals surface area (Å²) in [6.07, 6.45) is 0. The third-order valence-corrected chi connectivity index (χ3v) is 1.75. The first-order valence-corrected chi connectivity index (χ1v) is 3.94. The highest BCUT2D eigenvalue weighted by Crippen LogP contribution is 1.90. The zero-order valence-corrected chi connectivity index (χ0v) is 7.08. The van der Waals surface area contributed by atoms with Gasteiger partial charge in [0.1, 0.15) is 0 Å². The minimum atomic E-state index is -0.133. The van der Waals surface area contributed by atoms with Crippen molar-refractivity contribution in [3.8, 4) is 0 Å². The number of hydrogen-bond acceptors (Lipinski definition) is 4. The predicted molar refractivity (Wildman–Crippen MR) is 45.6 cm³/mol. The Balaban J connectivity index is 3.64. The molecule has 4 heteroatoms. The zero-order chi connectivity index (χ0) is 7.28. The summed E-state index contributed by atoms with van der Waals surface area (Å²) < 4.78 is 0. The summed E-state index contributed by atoms with van der Waals surface area (Å²) in [5.74, 6) is 0.915. The van der Waals surface area contributed by atoms with Gasteiger partial charge in [-0.05, 0) is 7.05 Å². The molecule has 9 heavy (non-hydrogen) atoms. The molecule has 0 aromatic carbocycles. The van der Waals surface area contributed by atoms with Gasteiger partial charge in [-0.2, -0.15) is 25.3 Å². The van der Waals surface area contributed by atoms with Crippen molar-refractivity contribution in [2.45, 2.75) is 6.04 Å². The second kappa shape index (κ2) is 5.14. The third-order valence-electron chi connectivity index (χ3n) is 1.08. The van der Waals surface area contributed by atoms with Crippen LogP contribution in [0.5, 0.6) is 0 Å².